The molecule has 3 aliphatic rings. The molecule has 0 heterocycles. The summed E-state index contributed by atoms with van der Waals surface area (Å²) in [4.78, 5) is 23.9. The number of carbonyl (C=O) groups excluding carboxylic acids is 2. The van der Waals surface area contributed by atoms with Gasteiger partial charge in [0, 0.05) is 24.7 Å². The lowest BCUT2D eigenvalue weighted by molar-refractivity contribution is -0.140. The zero-order chi connectivity index (χ0) is 14.7. The highest BCUT2D eigenvalue weighted by atomic mass is 16.3. The lowest BCUT2D eigenvalue weighted by Gasteiger charge is -2.58. The number of Topliss-reactive ketones (excluding diaryl/α,β-unsaturated/α-hetero) is 1. The number of aliphatic hydroxyl groups excluding tert-OH is 1. The molecular formula is C17H24O3. The largest absolute Gasteiger partial charge is 0.393 e. The molecule has 0 spiro atoms. The van der Waals surface area contributed by atoms with Crippen molar-refractivity contribution in [2.75, 3.05) is 0 Å². The predicted molar refractivity (Wildman–Crippen MR) is 76.1 cm³/mol. The first-order valence-electron chi connectivity index (χ1n) is 7.74. The Morgan fingerprint density at radius 3 is 2.60 bits per heavy atom. The van der Waals surface area contributed by atoms with Crippen LogP contribution in [0.2, 0.25) is 0 Å². The average Bonchev–Trinajstić information content (AvgIpc) is 2.36. The third-order valence-corrected chi connectivity index (χ3v) is 6.24. The SMILES string of the molecule is C[C@H]1C(=O)CC[C@]2(C)C3=CC(=O)CCC3(C)C[C@H](O)C12. The quantitative estimate of drug-likeness (QED) is 0.740. The highest BCUT2D eigenvalue weighted by Crippen LogP contribution is 2.62. The van der Waals surface area contributed by atoms with Gasteiger partial charge in [-0.15, -0.1) is 0 Å². The number of aliphatic hydroxyl groups is 1. The fourth-order valence-electron chi connectivity index (χ4n) is 5.20. The van der Waals surface area contributed by atoms with Gasteiger partial charge in [-0.3, -0.25) is 9.59 Å². The van der Waals surface area contributed by atoms with Crippen molar-refractivity contribution in [3.63, 3.8) is 0 Å². The Hall–Kier alpha value is -0.960. The molecule has 110 valence electrons. The summed E-state index contributed by atoms with van der Waals surface area (Å²) < 4.78 is 0. The molecule has 3 heteroatoms. The van der Waals surface area contributed by atoms with Crippen LogP contribution in [0.4, 0.5) is 0 Å². The maximum Gasteiger partial charge on any atom is 0.155 e. The van der Waals surface area contributed by atoms with Crippen molar-refractivity contribution in [1.29, 1.82) is 0 Å². The van der Waals surface area contributed by atoms with Gasteiger partial charge in [-0.2, -0.15) is 0 Å². The molecule has 5 atom stereocenters. The van der Waals surface area contributed by atoms with E-state index in [-0.39, 0.29) is 34.2 Å². The molecule has 3 nitrogen and oxygen atoms in total. The first kappa shape index (κ1) is 14.0. The summed E-state index contributed by atoms with van der Waals surface area (Å²) in [6.45, 7) is 6.28. The predicted octanol–water partition coefficient (Wildman–Crippen LogP) is 2.67. The number of fused-ring (bicyclic) bond motifs is 3. The van der Waals surface area contributed by atoms with Gasteiger partial charge in [0.2, 0.25) is 0 Å². The van der Waals surface area contributed by atoms with Crippen LogP contribution in [0.3, 0.4) is 0 Å². The molecule has 0 aromatic rings. The van der Waals surface area contributed by atoms with E-state index >= 15 is 0 Å². The second-order valence-corrected chi connectivity index (χ2v) is 7.55. The van der Waals surface area contributed by atoms with Crippen LogP contribution in [-0.4, -0.2) is 22.8 Å². The van der Waals surface area contributed by atoms with Crippen LogP contribution in [0.15, 0.2) is 11.6 Å². The van der Waals surface area contributed by atoms with Crippen LogP contribution >= 0.6 is 0 Å². The van der Waals surface area contributed by atoms with E-state index in [2.05, 4.69) is 13.8 Å². The van der Waals surface area contributed by atoms with Crippen molar-refractivity contribution in [3.05, 3.63) is 11.6 Å². The maximum atomic E-state index is 12.0. The summed E-state index contributed by atoms with van der Waals surface area (Å²) >= 11 is 0. The molecule has 0 aromatic carbocycles. The van der Waals surface area contributed by atoms with Gasteiger partial charge in [0.1, 0.15) is 5.78 Å². The average molecular weight is 276 g/mol. The zero-order valence-electron chi connectivity index (χ0n) is 12.6. The summed E-state index contributed by atoms with van der Waals surface area (Å²) in [5.74, 6) is 0.330. The highest BCUT2D eigenvalue weighted by Gasteiger charge is 2.58. The second-order valence-electron chi connectivity index (χ2n) is 7.55. The Labute approximate surface area is 120 Å². The first-order valence-corrected chi connectivity index (χ1v) is 7.74. The van der Waals surface area contributed by atoms with Crippen LogP contribution in [0.1, 0.15) is 52.9 Å². The third kappa shape index (κ3) is 1.75. The Bertz CT molecular complexity index is 506. The van der Waals surface area contributed by atoms with Crippen molar-refractivity contribution in [2.45, 2.75) is 59.0 Å². The van der Waals surface area contributed by atoms with E-state index < -0.39 is 6.10 Å². The van der Waals surface area contributed by atoms with Gasteiger partial charge in [0.25, 0.3) is 0 Å². The molecule has 2 unspecified atom stereocenters. The molecule has 3 aliphatic carbocycles. The fraction of sp³-hybridized carbons (Fsp3) is 0.765. The fourth-order valence-corrected chi connectivity index (χ4v) is 5.20. The van der Waals surface area contributed by atoms with Crippen LogP contribution < -0.4 is 0 Å². The minimum absolute atomic E-state index is 0.0334. The molecule has 0 amide bonds. The molecule has 0 aromatic heterocycles. The van der Waals surface area contributed by atoms with Crippen LogP contribution in [0, 0.1) is 22.7 Å². The summed E-state index contributed by atoms with van der Waals surface area (Å²) in [7, 11) is 0. The summed E-state index contributed by atoms with van der Waals surface area (Å²) in [6, 6.07) is 0. The van der Waals surface area contributed by atoms with Gasteiger partial charge < -0.3 is 5.11 Å². The van der Waals surface area contributed by atoms with E-state index in [0.29, 0.717) is 19.3 Å². The molecule has 0 saturated heterocycles. The van der Waals surface area contributed by atoms with Crippen molar-refractivity contribution < 1.29 is 14.7 Å². The van der Waals surface area contributed by atoms with Crippen molar-refractivity contribution in [3.8, 4) is 0 Å². The topological polar surface area (TPSA) is 54.4 Å². The smallest absolute Gasteiger partial charge is 0.155 e. The van der Waals surface area contributed by atoms with E-state index in [4.69, 9.17) is 0 Å². The molecule has 20 heavy (non-hydrogen) atoms. The van der Waals surface area contributed by atoms with Crippen LogP contribution in [0.5, 0.6) is 0 Å². The Balaban J connectivity index is 2.12. The van der Waals surface area contributed by atoms with Gasteiger partial charge >= 0.3 is 0 Å². The lowest BCUT2D eigenvalue weighted by atomic mass is 9.46. The summed E-state index contributed by atoms with van der Waals surface area (Å²) in [6.07, 6.45) is 4.85. The number of ketones is 2. The molecule has 1 N–H and O–H groups in total. The number of hydrogen-bond acceptors (Lipinski definition) is 3. The number of rotatable bonds is 0. The summed E-state index contributed by atoms with van der Waals surface area (Å²) in [5, 5.41) is 10.7. The van der Waals surface area contributed by atoms with Gasteiger partial charge in [-0.25, -0.2) is 0 Å². The van der Waals surface area contributed by atoms with Gasteiger partial charge in [-0.05, 0) is 36.2 Å². The molecule has 0 aliphatic heterocycles. The Morgan fingerprint density at radius 1 is 1.20 bits per heavy atom. The highest BCUT2D eigenvalue weighted by molar-refractivity contribution is 5.92. The molecule has 2 fully saturated rings. The molecular weight excluding hydrogens is 252 g/mol. The van der Waals surface area contributed by atoms with E-state index in [9.17, 15) is 14.7 Å². The minimum Gasteiger partial charge on any atom is -0.393 e. The molecule has 3 rings (SSSR count). The van der Waals surface area contributed by atoms with Crippen molar-refractivity contribution in [2.24, 2.45) is 22.7 Å². The Morgan fingerprint density at radius 2 is 1.90 bits per heavy atom. The van der Waals surface area contributed by atoms with E-state index in [1.165, 1.54) is 5.57 Å². The maximum absolute atomic E-state index is 12.0. The number of allylic oxidation sites excluding steroid dienone is 2. The van der Waals surface area contributed by atoms with Gasteiger partial charge in [-0.1, -0.05) is 26.3 Å². The molecule has 2 saturated carbocycles. The monoisotopic (exact) mass is 276 g/mol. The third-order valence-electron chi connectivity index (χ3n) is 6.24. The van der Waals surface area contributed by atoms with Crippen LogP contribution in [0.25, 0.3) is 0 Å². The number of carbonyl (C=O) groups is 2. The van der Waals surface area contributed by atoms with E-state index in [1.807, 2.05) is 13.0 Å². The standard InChI is InChI=1S/C17H24O3/c1-10-12(19)5-7-17(3)14-8-11(18)4-6-16(14,2)9-13(20)15(10)17/h8,10,13,15,20H,4-7,9H2,1-3H3/t10-,13-,15?,16?,17+/m0/s1. The zero-order valence-corrected chi connectivity index (χ0v) is 12.6. The van der Waals surface area contributed by atoms with Crippen molar-refractivity contribution in [1.82, 2.24) is 0 Å². The first-order chi connectivity index (χ1) is 9.28. The van der Waals surface area contributed by atoms with Gasteiger partial charge in [0.05, 0.1) is 6.10 Å². The lowest BCUT2D eigenvalue weighted by Crippen LogP contribution is -2.56. The van der Waals surface area contributed by atoms with E-state index in [1.54, 1.807) is 0 Å². The normalized spacial score (nSPS) is 48.4. The molecule has 0 radical (unpaired) electrons. The second kappa shape index (κ2) is 4.27. The van der Waals surface area contributed by atoms with Crippen LogP contribution in [-0.2, 0) is 9.59 Å². The Kier molecular flexibility index (Phi) is 2.99. The minimum atomic E-state index is -0.436. The summed E-state index contributed by atoms with van der Waals surface area (Å²) in [5.41, 5.74) is 0.935. The number of hydrogen-bond donors (Lipinski definition) is 1. The van der Waals surface area contributed by atoms with E-state index in [0.717, 1.165) is 12.8 Å². The molecule has 0 bridgehead atoms. The van der Waals surface area contributed by atoms with Crippen molar-refractivity contribution >= 4 is 11.6 Å². The van der Waals surface area contributed by atoms with Gasteiger partial charge in [0.15, 0.2) is 5.78 Å².